The minimum absolute atomic E-state index is 0.0833. The zero-order valence-corrected chi connectivity index (χ0v) is 8.59. The Kier molecular flexibility index (Phi) is 2.97. The van der Waals surface area contributed by atoms with Gasteiger partial charge >= 0.3 is 0 Å². The summed E-state index contributed by atoms with van der Waals surface area (Å²) in [7, 11) is 0. The van der Waals surface area contributed by atoms with Crippen LogP contribution < -0.4 is 5.32 Å². The van der Waals surface area contributed by atoms with Crippen LogP contribution in [0.5, 0.6) is 0 Å². The van der Waals surface area contributed by atoms with Crippen LogP contribution in [0.2, 0.25) is 5.15 Å². The fourth-order valence-corrected chi connectivity index (χ4v) is 1.07. The highest BCUT2D eigenvalue weighted by Crippen LogP contribution is 2.04. The van der Waals surface area contributed by atoms with Crippen molar-refractivity contribution >= 4 is 23.5 Å². The monoisotopic (exact) mass is 236 g/mol. The molecule has 0 aliphatic rings. The van der Waals surface area contributed by atoms with Crippen LogP contribution in [0.4, 0.5) is 5.95 Å². The molecule has 80 valence electrons. The lowest BCUT2D eigenvalue weighted by atomic mass is 10.4. The second-order valence-electron chi connectivity index (χ2n) is 2.65. The van der Waals surface area contributed by atoms with E-state index in [9.17, 15) is 4.79 Å². The van der Waals surface area contributed by atoms with E-state index in [1.807, 2.05) is 0 Å². The van der Waals surface area contributed by atoms with Gasteiger partial charge in [0.15, 0.2) is 0 Å². The van der Waals surface area contributed by atoms with E-state index < -0.39 is 5.91 Å². The molecule has 0 aliphatic heterocycles. The van der Waals surface area contributed by atoms with Gasteiger partial charge in [0.2, 0.25) is 5.95 Å². The molecule has 1 amide bonds. The Morgan fingerprint density at radius 2 is 2.19 bits per heavy atom. The normalized spacial score (nSPS) is 9.81. The first kappa shape index (κ1) is 10.4. The Morgan fingerprint density at radius 3 is 2.88 bits per heavy atom. The molecule has 2 rings (SSSR count). The molecule has 0 unspecified atom stereocenters. The number of nitrogens with one attached hydrogen (secondary N) is 1. The van der Waals surface area contributed by atoms with Crippen LogP contribution >= 0.6 is 11.6 Å². The third-order valence-electron chi connectivity index (χ3n) is 1.55. The molecule has 2 aromatic heterocycles. The van der Waals surface area contributed by atoms with Crippen molar-refractivity contribution in [3.05, 3.63) is 35.6 Å². The van der Waals surface area contributed by atoms with Gasteiger partial charge in [-0.05, 0) is 0 Å². The molecule has 8 heteroatoms. The number of aromatic nitrogens is 5. The summed E-state index contributed by atoms with van der Waals surface area (Å²) in [5.74, 6) is -0.405. The third kappa shape index (κ3) is 2.45. The lowest BCUT2D eigenvalue weighted by Gasteiger charge is -2.00. The van der Waals surface area contributed by atoms with Crippen LogP contribution in [-0.2, 0) is 0 Å². The van der Waals surface area contributed by atoms with Gasteiger partial charge < -0.3 is 0 Å². The summed E-state index contributed by atoms with van der Waals surface area (Å²) in [6, 6.07) is 0. The maximum Gasteiger partial charge on any atom is 0.278 e. The van der Waals surface area contributed by atoms with Crippen molar-refractivity contribution in [1.29, 1.82) is 0 Å². The number of hydrogen-bond donors (Lipinski definition) is 1. The summed E-state index contributed by atoms with van der Waals surface area (Å²) in [5.41, 5.74) is 0.0833. The molecule has 0 aliphatic carbocycles. The van der Waals surface area contributed by atoms with Crippen LogP contribution in [0.1, 0.15) is 10.5 Å². The third-order valence-corrected chi connectivity index (χ3v) is 1.73. The molecule has 0 bridgehead atoms. The fourth-order valence-electron chi connectivity index (χ4n) is 0.922. The van der Waals surface area contributed by atoms with E-state index in [0.29, 0.717) is 0 Å². The molecule has 1 N–H and O–H groups in total. The van der Waals surface area contributed by atoms with E-state index >= 15 is 0 Å². The van der Waals surface area contributed by atoms with E-state index in [-0.39, 0.29) is 16.8 Å². The Bertz CT molecular complexity index is 505. The van der Waals surface area contributed by atoms with Crippen LogP contribution in [0.3, 0.4) is 0 Å². The van der Waals surface area contributed by atoms with Gasteiger partial charge in [-0.3, -0.25) is 15.1 Å². The van der Waals surface area contributed by atoms with Gasteiger partial charge in [0.25, 0.3) is 5.91 Å². The first-order valence-electron chi connectivity index (χ1n) is 4.18. The van der Waals surface area contributed by atoms with Crippen molar-refractivity contribution in [2.24, 2.45) is 0 Å². The molecule has 0 atom stereocenters. The lowest BCUT2D eigenvalue weighted by molar-refractivity contribution is 0.102. The number of carbonyl (C=O) groups excluding carboxylic acids is 1. The second-order valence-corrected chi connectivity index (χ2v) is 3.03. The number of nitrogens with zero attached hydrogens (tertiary/aromatic N) is 5. The van der Waals surface area contributed by atoms with Gasteiger partial charge in [0.1, 0.15) is 10.8 Å². The molecular weight excluding hydrogens is 232 g/mol. The topological polar surface area (TPSA) is 93.6 Å². The Labute approximate surface area is 94.9 Å². The standard InChI is InChI=1S/C8H5ClN6O/c9-6-4-10-3-5(13-6)7(16)14-8-11-1-2-12-15-8/h1-4H,(H,11,14,15,16). The number of amides is 1. The highest BCUT2D eigenvalue weighted by atomic mass is 35.5. The number of anilines is 1. The maximum atomic E-state index is 11.6. The molecule has 7 nitrogen and oxygen atoms in total. The fraction of sp³-hybridized carbons (Fsp3) is 0. The lowest BCUT2D eigenvalue weighted by Crippen LogP contribution is -2.16. The van der Waals surface area contributed by atoms with Gasteiger partial charge in [-0.2, -0.15) is 5.10 Å². The molecule has 2 aromatic rings. The zero-order valence-electron chi connectivity index (χ0n) is 7.83. The average molecular weight is 237 g/mol. The summed E-state index contributed by atoms with van der Waals surface area (Å²) in [6.45, 7) is 0. The predicted molar refractivity (Wildman–Crippen MR) is 54.8 cm³/mol. The summed E-state index contributed by atoms with van der Waals surface area (Å²) < 4.78 is 0. The van der Waals surface area contributed by atoms with Crippen LogP contribution in [-0.4, -0.2) is 31.1 Å². The Hall–Kier alpha value is -2.15. The van der Waals surface area contributed by atoms with E-state index in [1.54, 1.807) is 0 Å². The molecule has 0 saturated heterocycles. The van der Waals surface area contributed by atoms with Crippen molar-refractivity contribution in [2.45, 2.75) is 0 Å². The average Bonchev–Trinajstić information content (AvgIpc) is 2.30. The van der Waals surface area contributed by atoms with Crippen molar-refractivity contribution in [3.8, 4) is 0 Å². The molecule has 0 saturated carbocycles. The molecule has 0 spiro atoms. The largest absolute Gasteiger partial charge is 0.288 e. The molecular formula is C8H5ClN6O. The highest BCUT2D eigenvalue weighted by Gasteiger charge is 2.09. The smallest absolute Gasteiger partial charge is 0.278 e. The second kappa shape index (κ2) is 4.58. The zero-order chi connectivity index (χ0) is 11.4. The number of rotatable bonds is 2. The maximum absolute atomic E-state index is 11.6. The van der Waals surface area contributed by atoms with Gasteiger partial charge in [-0.15, -0.1) is 5.10 Å². The van der Waals surface area contributed by atoms with Crippen molar-refractivity contribution in [3.63, 3.8) is 0 Å². The molecule has 0 fully saturated rings. The van der Waals surface area contributed by atoms with E-state index in [0.717, 1.165) is 0 Å². The molecule has 0 radical (unpaired) electrons. The Morgan fingerprint density at radius 1 is 1.31 bits per heavy atom. The minimum atomic E-state index is -0.497. The SMILES string of the molecule is O=C(Nc1nccnn1)c1cncc(Cl)n1. The van der Waals surface area contributed by atoms with Crippen LogP contribution in [0.15, 0.2) is 24.8 Å². The molecule has 16 heavy (non-hydrogen) atoms. The molecule has 2 heterocycles. The first-order chi connectivity index (χ1) is 7.75. The predicted octanol–water partition coefficient (Wildman–Crippen LogP) is 0.567. The van der Waals surface area contributed by atoms with Crippen LogP contribution in [0, 0.1) is 0 Å². The van der Waals surface area contributed by atoms with E-state index in [2.05, 4.69) is 30.5 Å². The summed E-state index contributed by atoms with van der Waals surface area (Å²) >= 11 is 5.59. The van der Waals surface area contributed by atoms with Gasteiger partial charge in [-0.25, -0.2) is 9.97 Å². The quantitative estimate of drug-likeness (QED) is 0.819. The number of carbonyl (C=O) groups is 1. The van der Waals surface area contributed by atoms with E-state index in [1.165, 1.54) is 24.8 Å². The van der Waals surface area contributed by atoms with Gasteiger partial charge in [0.05, 0.1) is 24.8 Å². The number of halogens is 1. The van der Waals surface area contributed by atoms with Crippen molar-refractivity contribution < 1.29 is 4.79 Å². The summed E-state index contributed by atoms with van der Waals surface area (Å²) in [5, 5.41) is 9.69. The van der Waals surface area contributed by atoms with Crippen molar-refractivity contribution in [1.82, 2.24) is 25.1 Å². The minimum Gasteiger partial charge on any atom is -0.288 e. The first-order valence-corrected chi connectivity index (χ1v) is 4.56. The van der Waals surface area contributed by atoms with E-state index in [4.69, 9.17) is 11.6 Å². The molecule has 0 aromatic carbocycles. The van der Waals surface area contributed by atoms with Crippen LogP contribution in [0.25, 0.3) is 0 Å². The van der Waals surface area contributed by atoms with Gasteiger partial charge in [0, 0.05) is 0 Å². The highest BCUT2D eigenvalue weighted by molar-refractivity contribution is 6.29. The van der Waals surface area contributed by atoms with Gasteiger partial charge in [-0.1, -0.05) is 11.6 Å². The summed E-state index contributed by atoms with van der Waals surface area (Å²) in [4.78, 5) is 22.9. The Balaban J connectivity index is 2.15. The number of hydrogen-bond acceptors (Lipinski definition) is 6. The van der Waals surface area contributed by atoms with Crippen molar-refractivity contribution in [2.75, 3.05) is 5.32 Å². The summed E-state index contributed by atoms with van der Waals surface area (Å²) in [6.07, 6.45) is 5.43.